The van der Waals surface area contributed by atoms with Crippen LogP contribution < -0.4 is 30.8 Å². The van der Waals surface area contributed by atoms with Crippen LogP contribution in [0.25, 0.3) is 22.3 Å². The molecular formula is C43H46ClF2N11O9. The number of nitrogens with zero attached hydrogens (tertiary/aromatic N) is 9. The van der Waals surface area contributed by atoms with Gasteiger partial charge in [-0.2, -0.15) is 10.2 Å². The second kappa shape index (κ2) is 21.8. The molecule has 348 valence electrons. The molecule has 8 rings (SSSR count). The highest BCUT2D eigenvalue weighted by Gasteiger charge is 2.34. The Balaban J connectivity index is 0.000000216. The number of cyclic esters (lactones) is 2. The average Bonchev–Trinajstić information content (AvgIpc) is 3.91. The van der Waals surface area contributed by atoms with Gasteiger partial charge in [-0.1, -0.05) is 0 Å². The third-order valence-corrected chi connectivity index (χ3v) is 10.7. The average molecular weight is 934 g/mol. The van der Waals surface area contributed by atoms with Crippen LogP contribution in [0.15, 0.2) is 83.3 Å². The first-order valence-electron chi connectivity index (χ1n) is 20.4. The molecule has 20 nitrogen and oxygen atoms in total. The summed E-state index contributed by atoms with van der Waals surface area (Å²) in [5.74, 6) is -0.426. The van der Waals surface area contributed by atoms with Gasteiger partial charge in [-0.3, -0.25) is 19.4 Å². The number of carbonyl (C=O) groups is 5. The van der Waals surface area contributed by atoms with E-state index in [0.29, 0.717) is 65.4 Å². The van der Waals surface area contributed by atoms with Gasteiger partial charge in [-0.05, 0) is 73.5 Å². The van der Waals surface area contributed by atoms with E-state index in [4.69, 9.17) is 15.2 Å². The molecule has 2 atom stereocenters. The van der Waals surface area contributed by atoms with Crippen molar-refractivity contribution in [2.45, 2.75) is 37.9 Å². The number of primary amides is 1. The number of nitrogens with two attached hydrogens (primary N) is 1. The third kappa shape index (κ3) is 11.5. The largest absolute Gasteiger partial charge is 0.469 e. The minimum Gasteiger partial charge on any atom is -0.469 e. The third-order valence-electron chi connectivity index (χ3n) is 10.7. The normalized spacial score (nSPS) is 17.5. The summed E-state index contributed by atoms with van der Waals surface area (Å²) in [6.07, 6.45) is 5.15. The Morgan fingerprint density at radius 3 is 1.61 bits per heavy atom. The number of methoxy groups -OCH3 is 2. The molecule has 0 saturated carbocycles. The summed E-state index contributed by atoms with van der Waals surface area (Å²) in [6.45, 7) is 2.72. The lowest BCUT2D eigenvalue weighted by Gasteiger charge is -2.26. The molecular weight excluding hydrogens is 888 g/mol. The molecule has 0 radical (unpaired) electrons. The van der Waals surface area contributed by atoms with Gasteiger partial charge in [0.05, 0.1) is 51.8 Å². The second-order valence-electron chi connectivity index (χ2n) is 14.8. The highest BCUT2D eigenvalue weighted by molar-refractivity contribution is 5.91. The summed E-state index contributed by atoms with van der Waals surface area (Å²) in [5.41, 5.74) is 10.7. The van der Waals surface area contributed by atoms with E-state index < -0.39 is 42.1 Å². The second-order valence-corrected chi connectivity index (χ2v) is 14.8. The fourth-order valence-corrected chi connectivity index (χ4v) is 7.13. The molecule has 23 heteroatoms. The van der Waals surface area contributed by atoms with Crippen LogP contribution in [0.2, 0.25) is 0 Å². The zero-order chi connectivity index (χ0) is 46.0. The Hall–Kier alpha value is -7.62. The van der Waals surface area contributed by atoms with Crippen molar-refractivity contribution in [3.63, 3.8) is 0 Å². The summed E-state index contributed by atoms with van der Waals surface area (Å²) in [6, 6.07) is 15.5. The molecule has 66 heavy (non-hydrogen) atoms. The van der Waals surface area contributed by atoms with Gasteiger partial charge in [0.1, 0.15) is 48.2 Å². The maximum Gasteiger partial charge on any atom is 0.414 e. The molecule has 3 N–H and O–H groups in total. The molecule has 0 bridgehead atoms. The number of ether oxygens (including phenoxy) is 4. The first-order chi connectivity index (χ1) is 31.4. The molecule has 2 aromatic carbocycles. The number of hydrogen-bond acceptors (Lipinski definition) is 16. The quantitative estimate of drug-likeness (QED) is 0.137. The zero-order valence-electron chi connectivity index (χ0n) is 35.7. The number of anilines is 4. The number of hydrogen-bond donors (Lipinski definition) is 2. The Morgan fingerprint density at radius 1 is 0.727 bits per heavy atom. The molecule has 0 spiro atoms. The van der Waals surface area contributed by atoms with Crippen molar-refractivity contribution in [2.24, 2.45) is 15.9 Å². The van der Waals surface area contributed by atoms with E-state index in [2.05, 4.69) is 35.1 Å². The predicted octanol–water partition coefficient (Wildman–Crippen LogP) is 5.25. The van der Waals surface area contributed by atoms with Crippen LogP contribution >= 0.6 is 12.4 Å². The minimum atomic E-state index is -0.628. The van der Waals surface area contributed by atoms with Gasteiger partial charge < -0.3 is 39.9 Å². The molecule has 4 aliphatic heterocycles. The van der Waals surface area contributed by atoms with Crippen molar-refractivity contribution in [2.75, 3.05) is 73.1 Å². The van der Waals surface area contributed by atoms with Gasteiger partial charge in [0, 0.05) is 60.6 Å². The molecule has 6 heterocycles. The smallest absolute Gasteiger partial charge is 0.414 e. The molecule has 2 saturated heterocycles. The van der Waals surface area contributed by atoms with Crippen molar-refractivity contribution in [1.29, 1.82) is 0 Å². The maximum atomic E-state index is 14.9. The number of amides is 4. The number of urea groups is 1. The van der Waals surface area contributed by atoms with Crippen LogP contribution in [0.1, 0.15) is 25.7 Å². The minimum absolute atomic E-state index is 0. The van der Waals surface area contributed by atoms with Gasteiger partial charge in [0.25, 0.3) is 0 Å². The fraction of sp³-hybridized carbons (Fsp3) is 0.326. The number of aromatic nitrogens is 2. The first-order valence-corrected chi connectivity index (χ1v) is 20.4. The first kappa shape index (κ1) is 47.8. The molecule has 2 aromatic heterocycles. The Kier molecular flexibility index (Phi) is 15.8. The van der Waals surface area contributed by atoms with Crippen LogP contribution in [0, 0.1) is 11.6 Å². The van der Waals surface area contributed by atoms with Crippen LogP contribution in [0.3, 0.4) is 0 Å². The fourth-order valence-electron chi connectivity index (χ4n) is 7.13. The number of benzene rings is 2. The lowest BCUT2D eigenvalue weighted by atomic mass is 10.1. The lowest BCUT2D eigenvalue weighted by molar-refractivity contribution is -0.142. The van der Waals surface area contributed by atoms with Gasteiger partial charge in [0.15, 0.2) is 0 Å². The summed E-state index contributed by atoms with van der Waals surface area (Å²) in [4.78, 5) is 73.3. The number of hydrazone groups is 2. The van der Waals surface area contributed by atoms with E-state index >= 15 is 0 Å². The number of carbonyl (C=O) groups excluding carboxylic acids is 5. The molecule has 2 fully saturated rings. The number of rotatable bonds is 12. The van der Waals surface area contributed by atoms with Crippen LogP contribution in [-0.2, 0) is 28.5 Å². The number of halogens is 3. The van der Waals surface area contributed by atoms with Crippen LogP contribution in [-0.4, -0.2) is 124 Å². The zero-order valence-corrected chi connectivity index (χ0v) is 36.6. The van der Waals surface area contributed by atoms with Gasteiger partial charge in [-0.15, -0.1) is 12.4 Å². The highest BCUT2D eigenvalue weighted by atomic mass is 35.5. The van der Waals surface area contributed by atoms with Gasteiger partial charge in [0.2, 0.25) is 0 Å². The predicted molar refractivity (Wildman–Crippen MR) is 240 cm³/mol. The van der Waals surface area contributed by atoms with E-state index in [1.807, 2.05) is 11.0 Å². The van der Waals surface area contributed by atoms with Crippen molar-refractivity contribution in [3.8, 4) is 22.3 Å². The van der Waals surface area contributed by atoms with E-state index in [-0.39, 0.29) is 50.3 Å². The lowest BCUT2D eigenvalue weighted by Crippen LogP contribution is -2.43. The van der Waals surface area contributed by atoms with E-state index in [9.17, 15) is 32.8 Å². The summed E-state index contributed by atoms with van der Waals surface area (Å²) >= 11 is 0. The van der Waals surface area contributed by atoms with Crippen LogP contribution in [0.4, 0.5) is 46.2 Å². The Morgan fingerprint density at radius 2 is 1.23 bits per heavy atom. The summed E-state index contributed by atoms with van der Waals surface area (Å²) < 4.78 is 49.5. The molecule has 0 unspecified atom stereocenters. The maximum absolute atomic E-state index is 14.9. The van der Waals surface area contributed by atoms with E-state index in [1.54, 1.807) is 59.9 Å². The SMILES string of the molecule is COC(=O)CC[C@H]1CN(c2ccc(-c3ccc(N4C=NN(C(N)=O)CC4)nc3)c(F)c2)C(=O)O1.COC(=O)CC[C@H]1CN(c2ccc(-c3ccc(N4C=NNCC4)nc3)c(F)c2)C(=O)O1.Cl. The van der Waals surface area contributed by atoms with Crippen molar-refractivity contribution >= 4 is 78.3 Å². The van der Waals surface area contributed by atoms with Gasteiger partial charge in [-0.25, -0.2) is 38.1 Å². The summed E-state index contributed by atoms with van der Waals surface area (Å²) in [7, 11) is 2.60. The standard InChI is InChI=1S/C22H23FN6O5.C21H22FN5O4.ClH/c1-33-20(30)7-4-16-12-28(22(32)34-16)15-3-5-17(18(23)10-15)14-2-6-19(25-11-14)27-8-9-29(21(24)31)26-13-27;1-30-20(28)7-4-16-12-27(21(29)31-16)15-3-5-17(18(22)10-15)14-2-6-19(23-11-14)26-9-8-24-25-13-26;/h2-3,5-6,10-11,13,16H,4,7-9,12H2,1H3,(H2,24,31);2-3,5-6,10-11,13,16,24H,4,7-9,12H2,1H3;1H/t2*16-;/m00./s1. The molecule has 4 aromatic rings. The number of nitrogens with one attached hydrogen (secondary N) is 1. The Bertz CT molecular complexity index is 2470. The van der Waals surface area contributed by atoms with Crippen LogP contribution in [0.5, 0.6) is 0 Å². The number of pyridine rings is 2. The molecule has 4 aliphatic rings. The topological polar surface area (TPSA) is 227 Å². The highest BCUT2D eigenvalue weighted by Crippen LogP contribution is 2.32. The Labute approximate surface area is 383 Å². The number of esters is 2. The summed E-state index contributed by atoms with van der Waals surface area (Å²) in [5, 5.41) is 9.11. The van der Waals surface area contributed by atoms with E-state index in [1.165, 1.54) is 48.7 Å². The monoisotopic (exact) mass is 933 g/mol. The van der Waals surface area contributed by atoms with Gasteiger partial charge >= 0.3 is 30.2 Å². The van der Waals surface area contributed by atoms with Crippen molar-refractivity contribution in [3.05, 3.63) is 84.7 Å². The molecule has 4 amide bonds. The van der Waals surface area contributed by atoms with Crippen molar-refractivity contribution < 1.29 is 51.7 Å². The molecule has 0 aliphatic carbocycles. The van der Waals surface area contributed by atoms with E-state index in [0.717, 1.165) is 23.9 Å². The van der Waals surface area contributed by atoms with Crippen molar-refractivity contribution in [1.82, 2.24) is 20.4 Å².